The van der Waals surface area contributed by atoms with Crippen molar-refractivity contribution in [1.82, 2.24) is 14.6 Å². The Kier molecular flexibility index (Phi) is 2.28. The fraction of sp³-hybridized carbons (Fsp3) is 0.0833. The van der Waals surface area contributed by atoms with Crippen molar-refractivity contribution in [3.8, 4) is 5.75 Å². The molecule has 2 aromatic heterocycles. The van der Waals surface area contributed by atoms with E-state index in [1.165, 1.54) is 17.6 Å². The molecule has 0 fully saturated rings. The first-order valence-corrected chi connectivity index (χ1v) is 5.43. The normalized spacial score (nSPS) is 11.0. The first-order chi connectivity index (χ1) is 9.11. The number of carboxylic acids is 1. The molecule has 2 heterocycles. The number of rotatable bonds is 2. The van der Waals surface area contributed by atoms with Gasteiger partial charge in [-0.05, 0) is 24.3 Å². The van der Waals surface area contributed by atoms with E-state index in [-0.39, 0.29) is 11.2 Å². The molecule has 0 amide bonds. The minimum Gasteiger partial charge on any atom is -0.497 e. The van der Waals surface area contributed by atoms with E-state index in [1.54, 1.807) is 18.2 Å². The van der Waals surface area contributed by atoms with Gasteiger partial charge in [0, 0.05) is 5.39 Å². The van der Waals surface area contributed by atoms with Gasteiger partial charge in [-0.25, -0.2) is 19.1 Å². The molecule has 0 unspecified atom stereocenters. The number of carboxylic acid groups (broad SMARTS) is 1. The molecule has 0 bridgehead atoms. The number of hydrogen-bond donors (Lipinski definition) is 2. The lowest BCUT2D eigenvalue weighted by molar-refractivity contribution is 0.0699. The summed E-state index contributed by atoms with van der Waals surface area (Å²) in [7, 11) is 1.49. The summed E-state index contributed by atoms with van der Waals surface area (Å²) in [6.07, 6.45) is 0. The van der Waals surface area contributed by atoms with E-state index in [9.17, 15) is 14.7 Å². The number of pyridine rings is 1. The molecule has 0 aliphatic carbocycles. The standard InChI is InChI=1S/C12H9N3O4/c1-19-6-2-3-9-7(4-6)8(11(16)17)5-10-13-14-12(18)15(9)10/h2-5H,1H3,(H,14,18)(H,16,17). The van der Waals surface area contributed by atoms with Crippen LogP contribution in [0.4, 0.5) is 0 Å². The van der Waals surface area contributed by atoms with Gasteiger partial charge in [-0.3, -0.25) is 0 Å². The largest absolute Gasteiger partial charge is 0.497 e. The maximum atomic E-state index is 11.7. The van der Waals surface area contributed by atoms with Crippen LogP contribution in [0.3, 0.4) is 0 Å². The molecule has 96 valence electrons. The van der Waals surface area contributed by atoms with E-state index in [2.05, 4.69) is 10.2 Å². The van der Waals surface area contributed by atoms with Crippen LogP contribution < -0.4 is 10.4 Å². The van der Waals surface area contributed by atoms with Crippen LogP contribution in [0.1, 0.15) is 10.4 Å². The maximum Gasteiger partial charge on any atom is 0.348 e. The zero-order valence-electron chi connectivity index (χ0n) is 9.88. The first-order valence-electron chi connectivity index (χ1n) is 5.43. The summed E-state index contributed by atoms with van der Waals surface area (Å²) in [6.45, 7) is 0. The number of aromatic amines is 1. The van der Waals surface area contributed by atoms with Crippen molar-refractivity contribution in [3.05, 3.63) is 40.3 Å². The molecule has 0 saturated carbocycles. The predicted octanol–water partition coefficient (Wildman–Crippen LogP) is 0.883. The second-order valence-corrected chi connectivity index (χ2v) is 3.97. The van der Waals surface area contributed by atoms with Gasteiger partial charge in [0.2, 0.25) is 0 Å². The summed E-state index contributed by atoms with van der Waals surface area (Å²) in [5.74, 6) is -0.568. The molecular weight excluding hydrogens is 250 g/mol. The van der Waals surface area contributed by atoms with Crippen molar-refractivity contribution < 1.29 is 14.6 Å². The fourth-order valence-electron chi connectivity index (χ4n) is 2.08. The number of aromatic nitrogens is 3. The zero-order chi connectivity index (χ0) is 13.6. The highest BCUT2D eigenvalue weighted by molar-refractivity contribution is 6.04. The van der Waals surface area contributed by atoms with E-state index in [4.69, 9.17) is 4.74 Å². The third kappa shape index (κ3) is 1.55. The molecule has 7 nitrogen and oxygen atoms in total. The molecule has 3 aromatic rings. The monoisotopic (exact) mass is 259 g/mol. The molecule has 0 spiro atoms. The number of carbonyl (C=O) groups is 1. The van der Waals surface area contributed by atoms with Crippen molar-refractivity contribution in [1.29, 1.82) is 0 Å². The Morgan fingerprint density at radius 3 is 2.89 bits per heavy atom. The van der Waals surface area contributed by atoms with Gasteiger partial charge in [0.1, 0.15) is 5.75 Å². The minimum atomic E-state index is -1.09. The highest BCUT2D eigenvalue weighted by atomic mass is 16.5. The third-order valence-electron chi connectivity index (χ3n) is 2.94. The Morgan fingerprint density at radius 1 is 1.42 bits per heavy atom. The van der Waals surface area contributed by atoms with Gasteiger partial charge in [0.05, 0.1) is 18.2 Å². The number of methoxy groups -OCH3 is 1. The molecule has 2 N–H and O–H groups in total. The highest BCUT2D eigenvalue weighted by Crippen LogP contribution is 2.24. The van der Waals surface area contributed by atoms with Crippen LogP contribution in [0.15, 0.2) is 29.1 Å². The maximum absolute atomic E-state index is 11.7. The molecule has 19 heavy (non-hydrogen) atoms. The van der Waals surface area contributed by atoms with Gasteiger partial charge in [-0.1, -0.05) is 0 Å². The summed E-state index contributed by atoms with van der Waals surface area (Å²) in [5, 5.41) is 15.7. The van der Waals surface area contributed by atoms with Crippen molar-refractivity contribution in [2.24, 2.45) is 0 Å². The van der Waals surface area contributed by atoms with E-state index in [1.807, 2.05) is 0 Å². The van der Waals surface area contributed by atoms with E-state index in [0.717, 1.165) is 0 Å². The average Bonchev–Trinajstić information content (AvgIpc) is 2.78. The Balaban J connectivity index is 2.57. The molecular formula is C12H9N3O4. The summed E-state index contributed by atoms with van der Waals surface area (Å²) < 4.78 is 6.40. The Hall–Kier alpha value is -2.83. The molecule has 0 atom stereocenters. The van der Waals surface area contributed by atoms with Crippen molar-refractivity contribution in [3.63, 3.8) is 0 Å². The van der Waals surface area contributed by atoms with Gasteiger partial charge in [-0.2, -0.15) is 5.10 Å². The van der Waals surface area contributed by atoms with E-state index in [0.29, 0.717) is 16.7 Å². The lowest BCUT2D eigenvalue weighted by Crippen LogP contribution is -2.11. The van der Waals surface area contributed by atoms with Crippen molar-refractivity contribution >= 4 is 22.5 Å². The Bertz CT molecular complexity index is 862. The minimum absolute atomic E-state index is 0.0698. The molecule has 0 radical (unpaired) electrons. The second-order valence-electron chi connectivity index (χ2n) is 3.97. The summed E-state index contributed by atoms with van der Waals surface area (Å²) in [4.78, 5) is 23.0. The third-order valence-corrected chi connectivity index (χ3v) is 2.94. The first kappa shape index (κ1) is 11.3. The van der Waals surface area contributed by atoms with E-state index >= 15 is 0 Å². The SMILES string of the molecule is COc1ccc2c(c1)c(C(=O)O)cc1n[nH]c(=O)n12. The van der Waals surface area contributed by atoms with Crippen LogP contribution in [0.5, 0.6) is 5.75 Å². The topological polar surface area (TPSA) is 96.7 Å². The number of fused-ring (bicyclic) bond motifs is 3. The van der Waals surface area contributed by atoms with Gasteiger partial charge in [0.15, 0.2) is 5.65 Å². The van der Waals surface area contributed by atoms with Crippen LogP contribution in [0.2, 0.25) is 0 Å². The van der Waals surface area contributed by atoms with Crippen LogP contribution in [-0.2, 0) is 0 Å². The van der Waals surface area contributed by atoms with Crippen LogP contribution in [0, 0.1) is 0 Å². The quantitative estimate of drug-likeness (QED) is 0.712. The molecule has 0 saturated heterocycles. The number of H-pyrrole nitrogens is 1. The smallest absolute Gasteiger partial charge is 0.348 e. The molecule has 3 rings (SSSR count). The lowest BCUT2D eigenvalue weighted by atomic mass is 10.1. The number of aromatic carboxylic acids is 1. The Morgan fingerprint density at radius 2 is 2.21 bits per heavy atom. The molecule has 7 heteroatoms. The molecule has 1 aromatic carbocycles. The van der Waals surface area contributed by atoms with Crippen LogP contribution in [0.25, 0.3) is 16.6 Å². The van der Waals surface area contributed by atoms with Gasteiger partial charge < -0.3 is 9.84 Å². The zero-order valence-corrected chi connectivity index (χ0v) is 9.88. The number of benzene rings is 1. The fourth-order valence-corrected chi connectivity index (χ4v) is 2.08. The number of nitrogens with zero attached hydrogens (tertiary/aromatic N) is 2. The van der Waals surface area contributed by atoms with Crippen LogP contribution >= 0.6 is 0 Å². The van der Waals surface area contributed by atoms with Crippen LogP contribution in [-0.4, -0.2) is 32.8 Å². The number of ether oxygens (including phenoxy) is 1. The number of hydrogen-bond acceptors (Lipinski definition) is 4. The van der Waals surface area contributed by atoms with Gasteiger partial charge in [0.25, 0.3) is 0 Å². The van der Waals surface area contributed by atoms with Crippen molar-refractivity contribution in [2.75, 3.05) is 7.11 Å². The molecule has 0 aliphatic heterocycles. The van der Waals surface area contributed by atoms with E-state index < -0.39 is 11.7 Å². The van der Waals surface area contributed by atoms with Crippen molar-refractivity contribution in [2.45, 2.75) is 0 Å². The predicted molar refractivity (Wildman–Crippen MR) is 66.8 cm³/mol. The molecule has 0 aliphatic rings. The summed E-state index contributed by atoms with van der Waals surface area (Å²) in [5.41, 5.74) is 0.386. The summed E-state index contributed by atoms with van der Waals surface area (Å²) in [6, 6.07) is 6.22. The highest BCUT2D eigenvalue weighted by Gasteiger charge is 2.15. The Labute approximate surface area is 106 Å². The van der Waals surface area contributed by atoms with Gasteiger partial charge in [-0.15, -0.1) is 0 Å². The number of nitrogens with one attached hydrogen (secondary N) is 1. The average molecular weight is 259 g/mol. The lowest BCUT2D eigenvalue weighted by Gasteiger charge is -2.07. The second kappa shape index (κ2) is 3.84. The van der Waals surface area contributed by atoms with Gasteiger partial charge >= 0.3 is 11.7 Å². The summed E-state index contributed by atoms with van der Waals surface area (Å²) >= 11 is 0.